The molecule has 3 rings (SSSR count). The number of ether oxygens (including phenoxy) is 1. The van der Waals surface area contributed by atoms with Gasteiger partial charge in [0.15, 0.2) is 0 Å². The molecule has 2 atom stereocenters. The summed E-state index contributed by atoms with van der Waals surface area (Å²) < 4.78 is 5.66. The Morgan fingerprint density at radius 3 is 2.86 bits per heavy atom. The molecule has 2 aliphatic heterocycles. The number of likely N-dealkylation sites (tertiary alicyclic amines) is 1. The van der Waals surface area contributed by atoms with E-state index in [-0.39, 0.29) is 11.8 Å². The molecule has 0 saturated carbocycles. The van der Waals surface area contributed by atoms with Crippen molar-refractivity contribution in [2.45, 2.75) is 19.3 Å². The fourth-order valence-electron chi connectivity index (χ4n) is 3.12. The van der Waals surface area contributed by atoms with Crippen molar-refractivity contribution < 1.29 is 19.4 Å². The Morgan fingerprint density at radius 1 is 1.24 bits per heavy atom. The maximum absolute atomic E-state index is 12.6. The number of hydrogen-bond acceptors (Lipinski definition) is 3. The molecular weight excluding hydrogens is 270 g/mol. The monoisotopic (exact) mass is 289 g/mol. The molecule has 21 heavy (non-hydrogen) atoms. The molecule has 0 bridgehead atoms. The summed E-state index contributed by atoms with van der Waals surface area (Å²) in [6.07, 6.45) is 2.08. The number of carbonyl (C=O) groups is 2. The number of benzene rings is 1. The summed E-state index contributed by atoms with van der Waals surface area (Å²) >= 11 is 0. The molecule has 1 aromatic carbocycles. The number of rotatable bonds is 2. The topological polar surface area (TPSA) is 66.8 Å². The first kappa shape index (κ1) is 13.9. The Balaban J connectivity index is 1.67. The summed E-state index contributed by atoms with van der Waals surface area (Å²) in [4.78, 5) is 25.4. The van der Waals surface area contributed by atoms with Crippen LogP contribution in [-0.4, -0.2) is 41.6 Å². The van der Waals surface area contributed by atoms with Gasteiger partial charge >= 0.3 is 5.97 Å². The zero-order valence-corrected chi connectivity index (χ0v) is 11.8. The normalized spacial score (nSPS) is 24.9. The number of amides is 1. The lowest BCUT2D eigenvalue weighted by atomic mass is 9.93. The van der Waals surface area contributed by atoms with Crippen LogP contribution in [0.3, 0.4) is 0 Å². The van der Waals surface area contributed by atoms with Gasteiger partial charge in [-0.2, -0.15) is 0 Å². The standard InChI is InChI=1S/C16H19NO4/c18-15(17-7-3-5-12(9-17)16(19)20)13-8-11-4-1-2-6-14(11)21-10-13/h1-2,4,6,12-13H,3,5,7-10H2,(H,19,20). The molecule has 2 unspecified atom stereocenters. The summed E-state index contributed by atoms with van der Waals surface area (Å²) in [5, 5.41) is 9.12. The van der Waals surface area contributed by atoms with E-state index in [1.54, 1.807) is 4.90 Å². The van der Waals surface area contributed by atoms with Crippen LogP contribution in [0.1, 0.15) is 18.4 Å². The fourth-order valence-corrected chi connectivity index (χ4v) is 3.12. The second kappa shape index (κ2) is 5.76. The van der Waals surface area contributed by atoms with Crippen LogP contribution in [0.5, 0.6) is 5.75 Å². The summed E-state index contributed by atoms with van der Waals surface area (Å²) in [6, 6.07) is 7.75. The van der Waals surface area contributed by atoms with E-state index in [1.165, 1.54) is 0 Å². The van der Waals surface area contributed by atoms with Crippen molar-refractivity contribution in [2.75, 3.05) is 19.7 Å². The number of carboxylic acid groups (broad SMARTS) is 1. The van der Waals surface area contributed by atoms with Crippen LogP contribution in [-0.2, 0) is 16.0 Å². The molecule has 112 valence electrons. The van der Waals surface area contributed by atoms with E-state index in [2.05, 4.69) is 0 Å². The minimum Gasteiger partial charge on any atom is -0.492 e. The highest BCUT2D eigenvalue weighted by Crippen LogP contribution is 2.28. The number of hydrogen-bond donors (Lipinski definition) is 1. The lowest BCUT2D eigenvalue weighted by Gasteiger charge is -2.34. The van der Waals surface area contributed by atoms with Gasteiger partial charge in [0.05, 0.1) is 11.8 Å². The van der Waals surface area contributed by atoms with Crippen LogP contribution < -0.4 is 4.74 Å². The van der Waals surface area contributed by atoms with Crippen LogP contribution in [0.25, 0.3) is 0 Å². The smallest absolute Gasteiger partial charge is 0.308 e. The third kappa shape index (κ3) is 2.86. The van der Waals surface area contributed by atoms with E-state index in [4.69, 9.17) is 9.84 Å². The Hall–Kier alpha value is -2.04. The first-order valence-corrected chi connectivity index (χ1v) is 7.37. The van der Waals surface area contributed by atoms with Gasteiger partial charge < -0.3 is 14.7 Å². The van der Waals surface area contributed by atoms with E-state index >= 15 is 0 Å². The average Bonchev–Trinajstić information content (AvgIpc) is 2.53. The average molecular weight is 289 g/mol. The number of nitrogens with zero attached hydrogens (tertiary/aromatic N) is 1. The van der Waals surface area contributed by atoms with Crippen LogP contribution in [0.4, 0.5) is 0 Å². The molecule has 1 fully saturated rings. The number of para-hydroxylation sites is 1. The van der Waals surface area contributed by atoms with Gasteiger partial charge in [-0.15, -0.1) is 0 Å². The fraction of sp³-hybridized carbons (Fsp3) is 0.500. The van der Waals surface area contributed by atoms with E-state index in [0.717, 1.165) is 17.7 Å². The molecule has 0 aromatic heterocycles. The zero-order valence-electron chi connectivity index (χ0n) is 11.8. The van der Waals surface area contributed by atoms with Crippen LogP contribution in [0, 0.1) is 11.8 Å². The zero-order chi connectivity index (χ0) is 14.8. The highest BCUT2D eigenvalue weighted by molar-refractivity contribution is 5.81. The first-order valence-electron chi connectivity index (χ1n) is 7.37. The predicted molar refractivity (Wildman–Crippen MR) is 76.1 cm³/mol. The number of piperidine rings is 1. The number of carbonyl (C=O) groups excluding carboxylic acids is 1. The second-order valence-corrected chi connectivity index (χ2v) is 5.78. The molecular formula is C16H19NO4. The Bertz CT molecular complexity index is 557. The highest BCUT2D eigenvalue weighted by atomic mass is 16.5. The van der Waals surface area contributed by atoms with E-state index in [0.29, 0.717) is 32.5 Å². The van der Waals surface area contributed by atoms with Crippen LogP contribution in [0.15, 0.2) is 24.3 Å². The lowest BCUT2D eigenvalue weighted by molar-refractivity contribution is -0.147. The van der Waals surface area contributed by atoms with Crippen molar-refractivity contribution in [3.8, 4) is 5.75 Å². The van der Waals surface area contributed by atoms with Gasteiger partial charge in [0.2, 0.25) is 5.91 Å². The quantitative estimate of drug-likeness (QED) is 0.897. The van der Waals surface area contributed by atoms with Gasteiger partial charge in [-0.05, 0) is 30.9 Å². The SMILES string of the molecule is O=C(O)C1CCCN(C(=O)C2COc3ccccc3C2)C1. The molecule has 0 aliphatic carbocycles. The summed E-state index contributed by atoms with van der Waals surface area (Å²) in [5.41, 5.74) is 1.05. The molecule has 2 heterocycles. The molecule has 1 saturated heterocycles. The van der Waals surface area contributed by atoms with Gasteiger partial charge in [0, 0.05) is 13.1 Å². The van der Waals surface area contributed by atoms with Crippen molar-refractivity contribution >= 4 is 11.9 Å². The Morgan fingerprint density at radius 2 is 2.05 bits per heavy atom. The molecule has 1 N–H and O–H groups in total. The molecule has 0 radical (unpaired) electrons. The van der Waals surface area contributed by atoms with Crippen molar-refractivity contribution in [3.63, 3.8) is 0 Å². The summed E-state index contributed by atoms with van der Waals surface area (Å²) in [6.45, 7) is 1.36. The Kier molecular flexibility index (Phi) is 3.82. The molecule has 1 amide bonds. The number of fused-ring (bicyclic) bond motifs is 1. The van der Waals surface area contributed by atoms with Crippen LogP contribution in [0.2, 0.25) is 0 Å². The summed E-state index contributed by atoms with van der Waals surface area (Å²) in [5.74, 6) is -0.566. The van der Waals surface area contributed by atoms with E-state index < -0.39 is 11.9 Å². The minimum atomic E-state index is -0.808. The van der Waals surface area contributed by atoms with E-state index in [9.17, 15) is 9.59 Å². The predicted octanol–water partition coefficient (Wildman–Crippen LogP) is 1.56. The van der Waals surface area contributed by atoms with Crippen molar-refractivity contribution in [1.82, 2.24) is 4.90 Å². The van der Waals surface area contributed by atoms with Gasteiger partial charge in [-0.3, -0.25) is 9.59 Å². The number of aliphatic carboxylic acids is 1. The largest absolute Gasteiger partial charge is 0.492 e. The van der Waals surface area contributed by atoms with Crippen molar-refractivity contribution in [3.05, 3.63) is 29.8 Å². The lowest BCUT2D eigenvalue weighted by Crippen LogP contribution is -2.47. The van der Waals surface area contributed by atoms with Gasteiger partial charge in [-0.1, -0.05) is 18.2 Å². The molecule has 0 spiro atoms. The van der Waals surface area contributed by atoms with Crippen molar-refractivity contribution in [2.24, 2.45) is 11.8 Å². The van der Waals surface area contributed by atoms with Crippen molar-refractivity contribution in [1.29, 1.82) is 0 Å². The number of carboxylic acids is 1. The third-order valence-electron chi connectivity index (χ3n) is 4.31. The van der Waals surface area contributed by atoms with Gasteiger partial charge in [0.25, 0.3) is 0 Å². The van der Waals surface area contributed by atoms with E-state index in [1.807, 2.05) is 24.3 Å². The molecule has 5 nitrogen and oxygen atoms in total. The maximum atomic E-state index is 12.6. The second-order valence-electron chi connectivity index (χ2n) is 5.78. The van der Waals surface area contributed by atoms with Gasteiger partial charge in [0.1, 0.15) is 12.4 Å². The van der Waals surface area contributed by atoms with Crippen LogP contribution >= 0.6 is 0 Å². The Labute approximate surface area is 123 Å². The molecule has 2 aliphatic rings. The first-order chi connectivity index (χ1) is 10.1. The highest BCUT2D eigenvalue weighted by Gasteiger charge is 2.33. The molecule has 1 aromatic rings. The molecule has 5 heteroatoms. The maximum Gasteiger partial charge on any atom is 0.308 e. The summed E-state index contributed by atoms with van der Waals surface area (Å²) in [7, 11) is 0. The third-order valence-corrected chi connectivity index (χ3v) is 4.31. The van der Waals surface area contributed by atoms with Gasteiger partial charge in [-0.25, -0.2) is 0 Å². The minimum absolute atomic E-state index is 0.0236.